The number of aromatic nitrogens is 6. The van der Waals surface area contributed by atoms with Gasteiger partial charge in [-0.2, -0.15) is 5.10 Å². The SMILES string of the molecule is CCC(C)n1nccc1NC(=O)Cn1cnnn1. The minimum absolute atomic E-state index is 0.0820. The summed E-state index contributed by atoms with van der Waals surface area (Å²) in [5, 5.41) is 17.5. The molecular weight excluding hydrogens is 234 g/mol. The van der Waals surface area contributed by atoms with Gasteiger partial charge in [-0.25, -0.2) is 9.36 Å². The minimum atomic E-state index is -0.188. The van der Waals surface area contributed by atoms with E-state index >= 15 is 0 Å². The Hall–Kier alpha value is -2.25. The van der Waals surface area contributed by atoms with Crippen LogP contribution in [0.3, 0.4) is 0 Å². The summed E-state index contributed by atoms with van der Waals surface area (Å²) in [6.45, 7) is 4.20. The summed E-state index contributed by atoms with van der Waals surface area (Å²) >= 11 is 0. The Morgan fingerprint density at radius 1 is 1.56 bits per heavy atom. The Balaban J connectivity index is 2.01. The van der Waals surface area contributed by atoms with Gasteiger partial charge in [0.1, 0.15) is 18.7 Å². The van der Waals surface area contributed by atoms with Crippen LogP contribution in [0, 0.1) is 0 Å². The van der Waals surface area contributed by atoms with Crippen LogP contribution in [0.2, 0.25) is 0 Å². The highest BCUT2D eigenvalue weighted by molar-refractivity contribution is 5.89. The van der Waals surface area contributed by atoms with Crippen LogP contribution >= 0.6 is 0 Å². The van der Waals surface area contributed by atoms with E-state index in [4.69, 9.17) is 0 Å². The molecule has 1 atom stereocenters. The van der Waals surface area contributed by atoms with Gasteiger partial charge in [-0.15, -0.1) is 5.10 Å². The smallest absolute Gasteiger partial charge is 0.247 e. The van der Waals surface area contributed by atoms with E-state index in [-0.39, 0.29) is 18.5 Å². The van der Waals surface area contributed by atoms with Crippen LogP contribution < -0.4 is 5.32 Å². The molecule has 0 radical (unpaired) electrons. The van der Waals surface area contributed by atoms with Gasteiger partial charge in [0.2, 0.25) is 5.91 Å². The van der Waals surface area contributed by atoms with Crippen molar-refractivity contribution in [2.24, 2.45) is 0 Å². The maximum absolute atomic E-state index is 11.8. The minimum Gasteiger partial charge on any atom is -0.309 e. The summed E-state index contributed by atoms with van der Waals surface area (Å²) in [4.78, 5) is 11.8. The molecule has 0 bridgehead atoms. The van der Waals surface area contributed by atoms with Gasteiger partial charge in [-0.3, -0.25) is 4.79 Å². The number of nitrogens with zero attached hydrogens (tertiary/aromatic N) is 6. The Morgan fingerprint density at radius 2 is 2.39 bits per heavy atom. The highest BCUT2D eigenvalue weighted by Crippen LogP contribution is 2.16. The number of carbonyl (C=O) groups is 1. The Morgan fingerprint density at radius 3 is 3.06 bits per heavy atom. The first-order valence-electron chi connectivity index (χ1n) is 5.75. The van der Waals surface area contributed by atoms with Gasteiger partial charge in [-0.05, 0) is 23.8 Å². The standard InChI is InChI=1S/C10H15N7O/c1-3-8(2)17-9(4-5-12-17)13-10(18)6-16-7-11-14-15-16/h4-5,7-8H,3,6H2,1-2H3,(H,13,18). The molecule has 2 rings (SSSR count). The second kappa shape index (κ2) is 5.39. The normalized spacial score (nSPS) is 12.3. The van der Waals surface area contributed by atoms with Crippen LogP contribution in [-0.4, -0.2) is 35.9 Å². The molecule has 8 nitrogen and oxygen atoms in total. The maximum Gasteiger partial charge on any atom is 0.247 e. The molecule has 2 aromatic heterocycles. The molecule has 2 heterocycles. The molecule has 1 amide bonds. The molecule has 0 spiro atoms. The van der Waals surface area contributed by atoms with Gasteiger partial charge in [0.15, 0.2) is 0 Å². The lowest BCUT2D eigenvalue weighted by Crippen LogP contribution is -2.22. The quantitative estimate of drug-likeness (QED) is 0.832. The first kappa shape index (κ1) is 12.2. The van der Waals surface area contributed by atoms with E-state index in [1.165, 1.54) is 11.0 Å². The van der Waals surface area contributed by atoms with Crippen LogP contribution in [0.4, 0.5) is 5.82 Å². The van der Waals surface area contributed by atoms with Crippen LogP contribution in [0.5, 0.6) is 0 Å². The maximum atomic E-state index is 11.8. The van der Waals surface area contributed by atoms with Gasteiger partial charge >= 0.3 is 0 Å². The largest absolute Gasteiger partial charge is 0.309 e. The van der Waals surface area contributed by atoms with Gasteiger partial charge in [-0.1, -0.05) is 6.92 Å². The number of hydrogen-bond acceptors (Lipinski definition) is 5. The molecule has 0 aliphatic rings. The van der Waals surface area contributed by atoms with E-state index < -0.39 is 0 Å². The number of tetrazole rings is 1. The molecule has 0 saturated heterocycles. The Labute approximate surface area is 104 Å². The van der Waals surface area contributed by atoms with Crippen LogP contribution in [0.25, 0.3) is 0 Å². The van der Waals surface area contributed by atoms with Crippen molar-refractivity contribution in [2.45, 2.75) is 32.9 Å². The fraction of sp³-hybridized carbons (Fsp3) is 0.500. The topological polar surface area (TPSA) is 90.5 Å². The van der Waals surface area contributed by atoms with Gasteiger partial charge in [0, 0.05) is 6.07 Å². The van der Waals surface area contributed by atoms with Crippen molar-refractivity contribution in [3.63, 3.8) is 0 Å². The third-order valence-electron chi connectivity index (χ3n) is 2.64. The molecule has 0 fully saturated rings. The third-order valence-corrected chi connectivity index (χ3v) is 2.64. The van der Waals surface area contributed by atoms with Gasteiger partial charge in [0.25, 0.3) is 0 Å². The highest BCUT2D eigenvalue weighted by atomic mass is 16.2. The molecule has 0 aliphatic carbocycles. The number of carbonyl (C=O) groups excluding carboxylic acids is 1. The van der Waals surface area contributed by atoms with Crippen molar-refractivity contribution in [1.82, 2.24) is 30.0 Å². The first-order valence-corrected chi connectivity index (χ1v) is 5.75. The summed E-state index contributed by atoms with van der Waals surface area (Å²) in [7, 11) is 0. The average Bonchev–Trinajstić information content (AvgIpc) is 2.99. The van der Waals surface area contributed by atoms with Gasteiger partial charge < -0.3 is 5.32 Å². The van der Waals surface area contributed by atoms with Crippen molar-refractivity contribution >= 4 is 11.7 Å². The van der Waals surface area contributed by atoms with E-state index in [1.54, 1.807) is 16.9 Å². The predicted octanol–water partition coefficient (Wildman–Crippen LogP) is 0.479. The fourth-order valence-electron chi connectivity index (χ4n) is 1.52. The van der Waals surface area contributed by atoms with E-state index in [2.05, 4.69) is 32.9 Å². The number of nitrogens with one attached hydrogen (secondary N) is 1. The molecule has 1 N–H and O–H groups in total. The Bertz CT molecular complexity index is 504. The lowest BCUT2D eigenvalue weighted by Gasteiger charge is -2.13. The van der Waals surface area contributed by atoms with Crippen LogP contribution in [-0.2, 0) is 11.3 Å². The van der Waals surface area contributed by atoms with Crippen molar-refractivity contribution in [3.8, 4) is 0 Å². The molecule has 0 aromatic carbocycles. The second-order valence-corrected chi connectivity index (χ2v) is 3.97. The summed E-state index contributed by atoms with van der Waals surface area (Å²) in [5.74, 6) is 0.495. The van der Waals surface area contributed by atoms with Crippen molar-refractivity contribution < 1.29 is 4.79 Å². The zero-order chi connectivity index (χ0) is 13.0. The average molecular weight is 249 g/mol. The molecule has 0 aliphatic heterocycles. The van der Waals surface area contributed by atoms with Crippen molar-refractivity contribution in [2.75, 3.05) is 5.32 Å². The van der Waals surface area contributed by atoms with Gasteiger partial charge in [0.05, 0.1) is 12.2 Å². The molecule has 0 saturated carbocycles. The second-order valence-electron chi connectivity index (χ2n) is 3.97. The number of rotatable bonds is 5. The molecule has 1 unspecified atom stereocenters. The number of amides is 1. The molecule has 8 heteroatoms. The summed E-state index contributed by atoms with van der Waals surface area (Å²) < 4.78 is 3.15. The van der Waals surface area contributed by atoms with Crippen LogP contribution in [0.15, 0.2) is 18.6 Å². The molecule has 18 heavy (non-hydrogen) atoms. The zero-order valence-corrected chi connectivity index (χ0v) is 10.3. The zero-order valence-electron chi connectivity index (χ0n) is 10.3. The summed E-state index contributed by atoms with van der Waals surface area (Å²) in [5.41, 5.74) is 0. The number of anilines is 1. The van der Waals surface area contributed by atoms with Crippen molar-refractivity contribution in [3.05, 3.63) is 18.6 Å². The molecule has 96 valence electrons. The fourth-order valence-corrected chi connectivity index (χ4v) is 1.52. The third kappa shape index (κ3) is 2.70. The van der Waals surface area contributed by atoms with E-state index in [1.807, 2.05) is 6.92 Å². The summed E-state index contributed by atoms with van der Waals surface area (Å²) in [6, 6.07) is 2.01. The number of hydrogen-bond donors (Lipinski definition) is 1. The molecular formula is C10H15N7O. The van der Waals surface area contributed by atoms with E-state index in [0.717, 1.165) is 6.42 Å². The van der Waals surface area contributed by atoms with E-state index in [0.29, 0.717) is 5.82 Å². The highest BCUT2D eigenvalue weighted by Gasteiger charge is 2.11. The van der Waals surface area contributed by atoms with E-state index in [9.17, 15) is 4.79 Å². The first-order chi connectivity index (χ1) is 8.70. The van der Waals surface area contributed by atoms with Crippen LogP contribution in [0.1, 0.15) is 26.3 Å². The van der Waals surface area contributed by atoms with Crippen molar-refractivity contribution in [1.29, 1.82) is 0 Å². The predicted molar refractivity (Wildman–Crippen MR) is 63.7 cm³/mol. The summed E-state index contributed by atoms with van der Waals surface area (Å²) in [6.07, 6.45) is 4.00. The monoisotopic (exact) mass is 249 g/mol. The lowest BCUT2D eigenvalue weighted by atomic mass is 10.3. The molecule has 2 aromatic rings. The lowest BCUT2D eigenvalue weighted by molar-refractivity contribution is -0.117. The Kier molecular flexibility index (Phi) is 3.66.